The van der Waals surface area contributed by atoms with Gasteiger partial charge in [-0.1, -0.05) is 25.6 Å². The van der Waals surface area contributed by atoms with Gasteiger partial charge < -0.3 is 5.32 Å². The first-order chi connectivity index (χ1) is 6.18. The Hall–Kier alpha value is -0.180. The molecule has 1 fully saturated rings. The molecule has 0 spiro atoms. The van der Waals surface area contributed by atoms with Crippen molar-refractivity contribution in [3.63, 3.8) is 0 Å². The van der Waals surface area contributed by atoms with Gasteiger partial charge in [-0.3, -0.25) is 4.99 Å². The van der Waals surface area contributed by atoms with E-state index in [0.717, 1.165) is 17.6 Å². The van der Waals surface area contributed by atoms with Gasteiger partial charge in [-0.2, -0.15) is 0 Å². The quantitative estimate of drug-likeness (QED) is 0.757. The van der Waals surface area contributed by atoms with E-state index in [2.05, 4.69) is 31.1 Å². The summed E-state index contributed by atoms with van der Waals surface area (Å²) in [6.07, 6.45) is 2.45. The predicted molar refractivity (Wildman–Crippen MR) is 61.4 cm³/mol. The highest BCUT2D eigenvalue weighted by atomic mass is 32.2. The molecule has 76 valence electrons. The van der Waals surface area contributed by atoms with Crippen LogP contribution in [0.1, 0.15) is 33.6 Å². The molecule has 1 unspecified atom stereocenters. The largest absolute Gasteiger partial charge is 0.362 e. The Labute approximate surface area is 85.6 Å². The van der Waals surface area contributed by atoms with Gasteiger partial charge in [0.2, 0.25) is 0 Å². The first kappa shape index (κ1) is 10.9. The van der Waals surface area contributed by atoms with Gasteiger partial charge in [-0.05, 0) is 25.7 Å². The topological polar surface area (TPSA) is 24.4 Å². The number of nitrogens with zero attached hydrogens (tertiary/aromatic N) is 1. The molecule has 1 aliphatic heterocycles. The van der Waals surface area contributed by atoms with Gasteiger partial charge in [0.25, 0.3) is 0 Å². The highest BCUT2D eigenvalue weighted by molar-refractivity contribution is 8.13. The molecule has 0 saturated carbocycles. The summed E-state index contributed by atoms with van der Waals surface area (Å²) in [7, 11) is 0. The van der Waals surface area contributed by atoms with Crippen molar-refractivity contribution in [3.05, 3.63) is 0 Å². The minimum atomic E-state index is 0.610. The van der Waals surface area contributed by atoms with Crippen LogP contribution in [0.2, 0.25) is 0 Å². The Morgan fingerprint density at radius 1 is 1.62 bits per heavy atom. The van der Waals surface area contributed by atoms with Gasteiger partial charge in [-0.25, -0.2) is 0 Å². The predicted octanol–water partition coefficient (Wildman–Crippen LogP) is 2.50. The fourth-order valence-corrected chi connectivity index (χ4v) is 2.30. The molecule has 0 aromatic rings. The molecule has 0 aromatic heterocycles. The number of amidine groups is 1. The molecule has 13 heavy (non-hydrogen) atoms. The average molecular weight is 200 g/mol. The highest BCUT2D eigenvalue weighted by Crippen LogP contribution is 2.13. The van der Waals surface area contributed by atoms with E-state index in [9.17, 15) is 0 Å². The van der Waals surface area contributed by atoms with Crippen LogP contribution >= 0.6 is 11.8 Å². The lowest BCUT2D eigenvalue weighted by molar-refractivity contribution is 0.593. The van der Waals surface area contributed by atoms with Gasteiger partial charge in [0.05, 0.1) is 0 Å². The minimum absolute atomic E-state index is 0.610. The van der Waals surface area contributed by atoms with Crippen molar-refractivity contribution in [3.8, 4) is 0 Å². The second kappa shape index (κ2) is 5.53. The van der Waals surface area contributed by atoms with Crippen molar-refractivity contribution < 1.29 is 0 Å². The fraction of sp³-hybridized carbons (Fsp3) is 0.900. The van der Waals surface area contributed by atoms with Crippen LogP contribution in [0.25, 0.3) is 0 Å². The smallest absolute Gasteiger partial charge is 0.156 e. The van der Waals surface area contributed by atoms with Crippen LogP contribution in [-0.4, -0.2) is 23.5 Å². The third-order valence-electron chi connectivity index (χ3n) is 2.12. The first-order valence-electron chi connectivity index (χ1n) is 5.12. The fourth-order valence-electron chi connectivity index (χ4n) is 1.17. The van der Waals surface area contributed by atoms with E-state index >= 15 is 0 Å². The molecular formula is C10H20N2S. The number of hydrogen-bond donors (Lipinski definition) is 1. The third kappa shape index (κ3) is 4.55. The maximum absolute atomic E-state index is 4.54. The highest BCUT2D eigenvalue weighted by Gasteiger charge is 2.12. The zero-order chi connectivity index (χ0) is 9.68. The van der Waals surface area contributed by atoms with Crippen LogP contribution < -0.4 is 5.32 Å². The van der Waals surface area contributed by atoms with Crippen LogP contribution in [0.4, 0.5) is 0 Å². The third-order valence-corrected chi connectivity index (χ3v) is 3.08. The molecule has 1 rings (SSSR count). The lowest BCUT2D eigenvalue weighted by Crippen LogP contribution is -2.35. The van der Waals surface area contributed by atoms with Crippen LogP contribution in [0.3, 0.4) is 0 Å². The van der Waals surface area contributed by atoms with Gasteiger partial charge in [0, 0.05) is 18.3 Å². The molecular weight excluding hydrogens is 180 g/mol. The molecule has 1 atom stereocenters. The van der Waals surface area contributed by atoms with Gasteiger partial charge in [0.1, 0.15) is 0 Å². The Balaban J connectivity index is 2.25. The second-order valence-corrected chi connectivity index (χ2v) is 5.14. The normalized spacial score (nSPS) is 26.5. The Morgan fingerprint density at radius 3 is 3.00 bits per heavy atom. The maximum atomic E-state index is 4.54. The molecule has 0 radical (unpaired) electrons. The van der Waals surface area contributed by atoms with E-state index in [1.54, 1.807) is 0 Å². The Kier molecular flexibility index (Phi) is 4.64. The Bertz CT molecular complexity index is 178. The monoisotopic (exact) mass is 200 g/mol. The number of hydrogen-bond acceptors (Lipinski definition) is 2. The molecule has 0 amide bonds. The molecule has 2 nitrogen and oxygen atoms in total. The van der Waals surface area contributed by atoms with Crippen molar-refractivity contribution in [2.45, 2.75) is 39.7 Å². The standard InChI is InChI=1S/C10H20N2S/c1-8(2)4-6-11-10-12-9(3)5-7-13-10/h8-9H,4-7H2,1-3H3,(H,11,12). The Morgan fingerprint density at radius 2 is 2.38 bits per heavy atom. The number of nitrogens with one attached hydrogen (secondary N) is 1. The van der Waals surface area contributed by atoms with E-state index in [-0.39, 0.29) is 0 Å². The molecule has 0 aromatic carbocycles. The SMILES string of the molecule is CC(C)CCN=C1NC(C)CCS1. The zero-order valence-corrected chi connectivity index (χ0v) is 9.66. The van der Waals surface area contributed by atoms with Crippen LogP contribution in [0, 0.1) is 5.92 Å². The van der Waals surface area contributed by atoms with E-state index < -0.39 is 0 Å². The summed E-state index contributed by atoms with van der Waals surface area (Å²) in [6.45, 7) is 7.67. The molecule has 1 N–H and O–H groups in total. The molecule has 0 aliphatic carbocycles. The molecule has 3 heteroatoms. The van der Waals surface area contributed by atoms with Crippen LogP contribution in [0.5, 0.6) is 0 Å². The lowest BCUT2D eigenvalue weighted by Gasteiger charge is -2.21. The second-order valence-electron chi connectivity index (χ2n) is 4.05. The van der Waals surface area contributed by atoms with E-state index in [1.807, 2.05) is 11.8 Å². The van der Waals surface area contributed by atoms with Gasteiger partial charge in [0.15, 0.2) is 5.17 Å². The summed E-state index contributed by atoms with van der Waals surface area (Å²) in [5, 5.41) is 4.56. The van der Waals surface area contributed by atoms with Crippen molar-refractivity contribution in [2.24, 2.45) is 10.9 Å². The number of aliphatic imine (C=N–C) groups is 1. The maximum Gasteiger partial charge on any atom is 0.156 e. The number of thioether (sulfide) groups is 1. The summed E-state index contributed by atoms with van der Waals surface area (Å²) in [5.74, 6) is 1.98. The summed E-state index contributed by atoms with van der Waals surface area (Å²) in [4.78, 5) is 4.54. The summed E-state index contributed by atoms with van der Waals surface area (Å²) in [6, 6.07) is 0.610. The van der Waals surface area contributed by atoms with Crippen molar-refractivity contribution in [2.75, 3.05) is 12.3 Å². The molecule has 0 bridgehead atoms. The van der Waals surface area contributed by atoms with E-state index in [4.69, 9.17) is 0 Å². The zero-order valence-electron chi connectivity index (χ0n) is 8.84. The van der Waals surface area contributed by atoms with Gasteiger partial charge in [-0.15, -0.1) is 0 Å². The van der Waals surface area contributed by atoms with Crippen LogP contribution in [0.15, 0.2) is 4.99 Å². The van der Waals surface area contributed by atoms with Crippen molar-refractivity contribution in [1.29, 1.82) is 0 Å². The molecule has 1 heterocycles. The van der Waals surface area contributed by atoms with Crippen molar-refractivity contribution >= 4 is 16.9 Å². The minimum Gasteiger partial charge on any atom is -0.362 e. The van der Waals surface area contributed by atoms with Crippen LogP contribution in [-0.2, 0) is 0 Å². The first-order valence-corrected chi connectivity index (χ1v) is 6.11. The van der Waals surface area contributed by atoms with E-state index in [0.29, 0.717) is 6.04 Å². The van der Waals surface area contributed by atoms with Gasteiger partial charge >= 0.3 is 0 Å². The number of rotatable bonds is 3. The average Bonchev–Trinajstić information content (AvgIpc) is 2.03. The summed E-state index contributed by atoms with van der Waals surface area (Å²) < 4.78 is 0. The summed E-state index contributed by atoms with van der Waals surface area (Å²) >= 11 is 1.86. The van der Waals surface area contributed by atoms with E-state index in [1.165, 1.54) is 18.6 Å². The lowest BCUT2D eigenvalue weighted by atomic mass is 10.1. The van der Waals surface area contributed by atoms with Crippen molar-refractivity contribution in [1.82, 2.24) is 5.32 Å². The molecule has 1 saturated heterocycles. The summed E-state index contributed by atoms with van der Waals surface area (Å²) in [5.41, 5.74) is 0. The molecule has 1 aliphatic rings.